The zero-order valence-electron chi connectivity index (χ0n) is 15.6. The second kappa shape index (κ2) is 8.98. The quantitative estimate of drug-likeness (QED) is 0.525. The van der Waals surface area contributed by atoms with Crippen LogP contribution in [0.2, 0.25) is 0 Å². The standard InChI is InChI=1S/C22H32O4/c23-20(17-6-2-1-3-7-17)12-11-16-9-10-18-13-15(14-19(16)18)5-4-8-21(24)22(25)26/h5,11-12,16-20,23H,1-4,6-10,13-14H2,(H,25,26)/b12-11+,15-5+/t16-,18+,19-,20?/m1/s1. The summed E-state index contributed by atoms with van der Waals surface area (Å²) in [4.78, 5) is 21.8. The van der Waals surface area contributed by atoms with Crippen molar-refractivity contribution < 1.29 is 19.8 Å². The van der Waals surface area contributed by atoms with Crippen molar-refractivity contribution in [2.75, 3.05) is 0 Å². The molecular weight excluding hydrogens is 328 g/mol. The van der Waals surface area contributed by atoms with Gasteiger partial charge in [-0.2, -0.15) is 0 Å². The highest BCUT2D eigenvalue weighted by molar-refractivity contribution is 6.32. The molecule has 0 radical (unpaired) electrons. The molecule has 1 unspecified atom stereocenters. The number of aliphatic hydroxyl groups is 1. The molecule has 0 aliphatic heterocycles. The minimum atomic E-state index is -1.33. The molecule has 4 heteroatoms. The van der Waals surface area contributed by atoms with Crippen LogP contribution in [0.4, 0.5) is 0 Å². The van der Waals surface area contributed by atoms with E-state index in [1.165, 1.54) is 37.7 Å². The van der Waals surface area contributed by atoms with E-state index in [0.717, 1.165) is 31.6 Å². The maximum absolute atomic E-state index is 11.2. The summed E-state index contributed by atoms with van der Waals surface area (Å²) in [5, 5.41) is 19.1. The van der Waals surface area contributed by atoms with Crippen LogP contribution in [0.3, 0.4) is 0 Å². The number of ketones is 1. The molecule has 0 heterocycles. The lowest BCUT2D eigenvalue weighted by Gasteiger charge is -2.25. The fourth-order valence-corrected chi connectivity index (χ4v) is 5.29. The number of rotatable bonds is 7. The third-order valence-corrected chi connectivity index (χ3v) is 6.78. The lowest BCUT2D eigenvalue weighted by molar-refractivity contribution is -0.149. The molecule has 2 N–H and O–H groups in total. The molecule has 3 aliphatic rings. The first-order valence-electron chi connectivity index (χ1n) is 10.3. The molecule has 0 amide bonds. The van der Waals surface area contributed by atoms with Crippen LogP contribution in [0.15, 0.2) is 23.8 Å². The topological polar surface area (TPSA) is 74.6 Å². The molecule has 0 bridgehead atoms. The lowest BCUT2D eigenvalue weighted by atomic mass is 9.84. The Morgan fingerprint density at radius 1 is 1.08 bits per heavy atom. The van der Waals surface area contributed by atoms with Gasteiger partial charge in [0.25, 0.3) is 0 Å². The monoisotopic (exact) mass is 360 g/mol. The average molecular weight is 360 g/mol. The number of carboxylic acid groups (broad SMARTS) is 1. The predicted molar refractivity (Wildman–Crippen MR) is 101 cm³/mol. The molecule has 4 atom stereocenters. The van der Waals surface area contributed by atoms with Crippen molar-refractivity contribution in [3.63, 3.8) is 0 Å². The number of aliphatic carboxylic acids is 1. The van der Waals surface area contributed by atoms with Gasteiger partial charge in [-0.1, -0.05) is 43.1 Å². The Morgan fingerprint density at radius 3 is 2.58 bits per heavy atom. The molecule has 26 heavy (non-hydrogen) atoms. The Hall–Kier alpha value is -1.42. The van der Waals surface area contributed by atoms with Crippen molar-refractivity contribution in [3.8, 4) is 0 Å². The maximum Gasteiger partial charge on any atom is 0.372 e. The van der Waals surface area contributed by atoms with Crippen LogP contribution in [0.25, 0.3) is 0 Å². The van der Waals surface area contributed by atoms with Crippen molar-refractivity contribution in [2.45, 2.75) is 76.7 Å². The molecule has 3 aliphatic carbocycles. The van der Waals surface area contributed by atoms with Crippen LogP contribution >= 0.6 is 0 Å². The van der Waals surface area contributed by atoms with Crippen molar-refractivity contribution in [2.24, 2.45) is 23.7 Å². The number of fused-ring (bicyclic) bond motifs is 1. The molecule has 0 saturated heterocycles. The van der Waals surface area contributed by atoms with Gasteiger partial charge in [-0.3, -0.25) is 4.79 Å². The first-order chi connectivity index (χ1) is 12.5. The van der Waals surface area contributed by atoms with Crippen molar-refractivity contribution >= 4 is 11.8 Å². The second-order valence-electron chi connectivity index (χ2n) is 8.48. The number of allylic oxidation sites excluding steroid dienone is 3. The first kappa shape index (κ1) is 19.3. The van der Waals surface area contributed by atoms with Crippen LogP contribution in [-0.2, 0) is 9.59 Å². The molecule has 0 aromatic heterocycles. The van der Waals surface area contributed by atoms with E-state index < -0.39 is 11.8 Å². The van der Waals surface area contributed by atoms with Crippen LogP contribution in [-0.4, -0.2) is 28.1 Å². The van der Waals surface area contributed by atoms with Gasteiger partial charge in [0.15, 0.2) is 0 Å². The SMILES string of the molecule is O=C(O)C(=O)CC/C=C1\C[C@@H]2CC[C@H](/C=C/C(O)C3CCCCC3)[C@H]2C1. The number of Topliss-reactive ketones (excluding diaryl/α,β-unsaturated/α-hetero) is 1. The number of hydrogen-bond donors (Lipinski definition) is 2. The Balaban J connectivity index is 1.49. The third kappa shape index (κ3) is 4.85. The van der Waals surface area contributed by atoms with E-state index in [4.69, 9.17) is 5.11 Å². The van der Waals surface area contributed by atoms with Crippen molar-refractivity contribution in [1.29, 1.82) is 0 Å². The Morgan fingerprint density at radius 2 is 1.85 bits per heavy atom. The van der Waals surface area contributed by atoms with Gasteiger partial charge in [0, 0.05) is 6.42 Å². The maximum atomic E-state index is 11.2. The molecular formula is C22H32O4. The van der Waals surface area contributed by atoms with Crippen LogP contribution < -0.4 is 0 Å². The van der Waals surface area contributed by atoms with Crippen molar-refractivity contribution in [3.05, 3.63) is 23.8 Å². The third-order valence-electron chi connectivity index (χ3n) is 6.78. The highest BCUT2D eigenvalue weighted by Crippen LogP contribution is 2.50. The fraction of sp³-hybridized carbons (Fsp3) is 0.727. The number of carbonyl (C=O) groups excluding carboxylic acids is 1. The molecule has 144 valence electrons. The van der Waals surface area contributed by atoms with E-state index in [0.29, 0.717) is 24.2 Å². The largest absolute Gasteiger partial charge is 0.476 e. The molecule has 3 rings (SSSR count). The Kier molecular flexibility index (Phi) is 6.68. The molecule has 3 fully saturated rings. The van der Waals surface area contributed by atoms with Crippen LogP contribution in [0, 0.1) is 23.7 Å². The summed E-state index contributed by atoms with van der Waals surface area (Å²) in [5.41, 5.74) is 1.39. The normalized spacial score (nSPS) is 32.2. The van der Waals surface area contributed by atoms with Gasteiger partial charge in [-0.15, -0.1) is 0 Å². The summed E-state index contributed by atoms with van der Waals surface area (Å²) < 4.78 is 0. The van der Waals surface area contributed by atoms with Gasteiger partial charge >= 0.3 is 5.97 Å². The number of aliphatic hydroxyl groups excluding tert-OH is 1. The van der Waals surface area contributed by atoms with Gasteiger partial charge in [0.05, 0.1) is 6.10 Å². The van der Waals surface area contributed by atoms with Crippen molar-refractivity contribution in [1.82, 2.24) is 0 Å². The van der Waals surface area contributed by atoms with Gasteiger partial charge < -0.3 is 10.2 Å². The van der Waals surface area contributed by atoms with Gasteiger partial charge in [-0.05, 0) is 68.6 Å². The minimum Gasteiger partial charge on any atom is -0.476 e. The summed E-state index contributed by atoms with van der Waals surface area (Å²) >= 11 is 0. The zero-order chi connectivity index (χ0) is 18.5. The van der Waals surface area contributed by atoms with E-state index in [2.05, 4.69) is 18.2 Å². The number of carbonyl (C=O) groups is 2. The number of hydrogen-bond acceptors (Lipinski definition) is 3. The smallest absolute Gasteiger partial charge is 0.372 e. The molecule has 0 aromatic rings. The van der Waals surface area contributed by atoms with E-state index >= 15 is 0 Å². The molecule has 0 spiro atoms. The lowest BCUT2D eigenvalue weighted by Crippen LogP contribution is -2.21. The van der Waals surface area contributed by atoms with Crippen LogP contribution in [0.1, 0.15) is 70.6 Å². The average Bonchev–Trinajstić information content (AvgIpc) is 3.20. The van der Waals surface area contributed by atoms with Crippen LogP contribution in [0.5, 0.6) is 0 Å². The van der Waals surface area contributed by atoms with E-state index in [1.54, 1.807) is 0 Å². The zero-order valence-corrected chi connectivity index (χ0v) is 15.6. The van der Waals surface area contributed by atoms with E-state index in [1.807, 2.05) is 0 Å². The molecule has 0 aromatic carbocycles. The Bertz CT molecular complexity index is 571. The predicted octanol–water partition coefficient (Wildman–Crippen LogP) is 4.28. The molecule has 4 nitrogen and oxygen atoms in total. The van der Waals surface area contributed by atoms with E-state index in [9.17, 15) is 14.7 Å². The molecule has 3 saturated carbocycles. The van der Waals surface area contributed by atoms with Gasteiger partial charge in [0.2, 0.25) is 5.78 Å². The summed E-state index contributed by atoms with van der Waals surface area (Å²) in [6.45, 7) is 0. The van der Waals surface area contributed by atoms with Gasteiger partial charge in [0.1, 0.15) is 0 Å². The first-order valence-corrected chi connectivity index (χ1v) is 10.3. The Labute approximate surface area is 156 Å². The van der Waals surface area contributed by atoms with E-state index in [-0.39, 0.29) is 12.5 Å². The highest BCUT2D eigenvalue weighted by Gasteiger charge is 2.39. The summed E-state index contributed by atoms with van der Waals surface area (Å²) in [7, 11) is 0. The summed E-state index contributed by atoms with van der Waals surface area (Å²) in [5.74, 6) is 0.364. The second-order valence-corrected chi connectivity index (χ2v) is 8.48. The van der Waals surface area contributed by atoms with Gasteiger partial charge in [-0.25, -0.2) is 4.79 Å². The minimum absolute atomic E-state index is 0.102. The highest BCUT2D eigenvalue weighted by atomic mass is 16.4. The summed E-state index contributed by atoms with van der Waals surface area (Å²) in [6.07, 6.45) is 17.6. The summed E-state index contributed by atoms with van der Waals surface area (Å²) in [6, 6.07) is 0. The fourth-order valence-electron chi connectivity index (χ4n) is 5.29. The number of carboxylic acids is 1.